The first-order chi connectivity index (χ1) is 44.8. The first kappa shape index (κ1) is 88.2. The molecule has 0 aliphatic rings. The van der Waals surface area contributed by atoms with Gasteiger partial charge in [-0.25, -0.2) is 4.57 Å². The standard InChI is InChI=1S/C81H148NO8P/c1-3-5-7-9-11-13-15-17-19-21-23-25-27-29-31-33-34-35-36-37-38-39-40-41-42-43-44-46-48-50-52-54-56-58-60-62-64-66-68-70-72-74-81(84)90-79(78-89-91(85,86)88-76-75-82)77-87-80(83)73-71-69-67-65-63-61-59-57-55-53-51-49-47-45-32-30-28-26-24-22-20-18-16-14-12-10-8-6-4-2/h5,7,11,13,17,19,22-25,29,31,34-35,79H,3-4,6,8-10,12,14-16,18,20-21,26-28,30,32-33,36-78,82H2,1-2H3,(H,85,86)/b7-5-,13-11-,19-17-,24-22-,25-23-,31-29-,35-34-. The van der Waals surface area contributed by atoms with Gasteiger partial charge in [0, 0.05) is 19.4 Å². The minimum atomic E-state index is -4.40. The van der Waals surface area contributed by atoms with Crippen LogP contribution in [0.3, 0.4) is 0 Å². The molecule has 0 spiro atoms. The van der Waals surface area contributed by atoms with E-state index in [0.29, 0.717) is 6.42 Å². The van der Waals surface area contributed by atoms with Gasteiger partial charge in [0.25, 0.3) is 0 Å². The van der Waals surface area contributed by atoms with Gasteiger partial charge in [0.05, 0.1) is 13.2 Å². The normalized spacial score (nSPS) is 13.3. The lowest BCUT2D eigenvalue weighted by molar-refractivity contribution is -0.161. The number of rotatable bonds is 74. The number of nitrogens with two attached hydrogens (primary N) is 1. The van der Waals surface area contributed by atoms with Crippen LogP contribution in [-0.2, 0) is 32.7 Å². The fraction of sp³-hybridized carbons (Fsp3) is 0.802. The van der Waals surface area contributed by atoms with E-state index >= 15 is 0 Å². The molecular weight excluding hydrogens is 1150 g/mol. The van der Waals surface area contributed by atoms with Crippen molar-refractivity contribution < 1.29 is 37.6 Å². The van der Waals surface area contributed by atoms with E-state index in [1.165, 1.54) is 283 Å². The summed E-state index contributed by atoms with van der Waals surface area (Å²) in [6, 6.07) is 0. The van der Waals surface area contributed by atoms with Gasteiger partial charge in [0.1, 0.15) is 6.61 Å². The van der Waals surface area contributed by atoms with E-state index in [0.717, 1.165) is 70.6 Å². The molecule has 9 nitrogen and oxygen atoms in total. The Morgan fingerprint density at radius 1 is 0.341 bits per heavy atom. The summed E-state index contributed by atoms with van der Waals surface area (Å²) < 4.78 is 33.3. The highest BCUT2D eigenvalue weighted by molar-refractivity contribution is 7.47. The fourth-order valence-corrected chi connectivity index (χ4v) is 12.3. The molecule has 0 heterocycles. The van der Waals surface area contributed by atoms with Crippen LogP contribution in [0.15, 0.2) is 85.1 Å². The van der Waals surface area contributed by atoms with Gasteiger partial charge in [-0.2, -0.15) is 0 Å². The number of phosphoric acid groups is 1. The van der Waals surface area contributed by atoms with E-state index in [-0.39, 0.29) is 38.6 Å². The smallest absolute Gasteiger partial charge is 0.462 e. The summed E-state index contributed by atoms with van der Waals surface area (Å²) in [4.78, 5) is 35.4. The van der Waals surface area contributed by atoms with Crippen molar-refractivity contribution in [2.45, 2.75) is 392 Å². The molecule has 3 N–H and O–H groups in total. The van der Waals surface area contributed by atoms with Crippen LogP contribution in [0.25, 0.3) is 0 Å². The third-order valence-electron chi connectivity index (χ3n) is 17.3. The topological polar surface area (TPSA) is 134 Å². The molecule has 2 unspecified atom stereocenters. The van der Waals surface area contributed by atoms with Crippen LogP contribution in [0.1, 0.15) is 386 Å². The van der Waals surface area contributed by atoms with Crippen LogP contribution in [0.5, 0.6) is 0 Å². The molecule has 0 amide bonds. The van der Waals surface area contributed by atoms with Crippen molar-refractivity contribution in [2.24, 2.45) is 5.73 Å². The molecule has 10 heteroatoms. The largest absolute Gasteiger partial charge is 0.472 e. The van der Waals surface area contributed by atoms with Gasteiger partial charge >= 0.3 is 19.8 Å². The Kier molecular flexibility index (Phi) is 73.9. The maximum Gasteiger partial charge on any atom is 0.472 e. The van der Waals surface area contributed by atoms with Crippen LogP contribution in [0, 0.1) is 0 Å². The van der Waals surface area contributed by atoms with Crippen molar-refractivity contribution in [1.82, 2.24) is 0 Å². The zero-order valence-corrected chi connectivity index (χ0v) is 60.7. The highest BCUT2D eigenvalue weighted by atomic mass is 31.2. The van der Waals surface area contributed by atoms with Gasteiger partial charge in [0.2, 0.25) is 0 Å². The van der Waals surface area contributed by atoms with Crippen LogP contribution in [0.4, 0.5) is 0 Å². The molecular formula is C81H148NO8P. The van der Waals surface area contributed by atoms with Gasteiger partial charge in [-0.15, -0.1) is 0 Å². The summed E-state index contributed by atoms with van der Waals surface area (Å²) in [6.07, 6.45) is 103. The molecule has 0 aromatic heterocycles. The zero-order chi connectivity index (χ0) is 65.8. The molecule has 0 aliphatic heterocycles. The second kappa shape index (κ2) is 76.2. The van der Waals surface area contributed by atoms with Gasteiger partial charge in [-0.3, -0.25) is 18.6 Å². The summed E-state index contributed by atoms with van der Waals surface area (Å²) in [6.45, 7) is 3.69. The molecule has 0 aromatic carbocycles. The first-order valence-electron chi connectivity index (χ1n) is 39.1. The quantitative estimate of drug-likeness (QED) is 0.0264. The van der Waals surface area contributed by atoms with E-state index < -0.39 is 26.5 Å². The average Bonchev–Trinajstić information content (AvgIpc) is 3.74. The summed E-state index contributed by atoms with van der Waals surface area (Å²) in [5.74, 6) is -0.807. The van der Waals surface area contributed by atoms with Crippen LogP contribution >= 0.6 is 7.82 Å². The number of allylic oxidation sites excluding steroid dienone is 14. The number of hydrogen-bond donors (Lipinski definition) is 2. The monoisotopic (exact) mass is 1290 g/mol. The maximum absolute atomic E-state index is 12.8. The third kappa shape index (κ3) is 76.1. The van der Waals surface area contributed by atoms with E-state index in [4.69, 9.17) is 24.3 Å². The molecule has 0 radical (unpaired) electrons. The van der Waals surface area contributed by atoms with Crippen LogP contribution in [-0.4, -0.2) is 49.3 Å². The Morgan fingerprint density at radius 3 is 0.912 bits per heavy atom. The molecule has 91 heavy (non-hydrogen) atoms. The fourth-order valence-electron chi connectivity index (χ4n) is 11.5. The van der Waals surface area contributed by atoms with Crippen LogP contribution in [0.2, 0.25) is 0 Å². The van der Waals surface area contributed by atoms with E-state index in [1.54, 1.807) is 0 Å². The van der Waals surface area contributed by atoms with E-state index in [2.05, 4.69) is 98.9 Å². The number of unbranched alkanes of at least 4 members (excludes halogenated alkanes) is 47. The molecule has 530 valence electrons. The number of carbonyl (C=O) groups is 2. The Balaban J connectivity index is 3.78. The Bertz CT molecular complexity index is 1770. The number of ether oxygens (including phenoxy) is 2. The van der Waals surface area contributed by atoms with Crippen molar-refractivity contribution in [3.05, 3.63) is 85.1 Å². The van der Waals surface area contributed by atoms with Gasteiger partial charge < -0.3 is 20.1 Å². The summed E-state index contributed by atoms with van der Waals surface area (Å²) in [7, 11) is -4.40. The summed E-state index contributed by atoms with van der Waals surface area (Å²) in [5, 5.41) is 0. The zero-order valence-electron chi connectivity index (χ0n) is 59.8. The van der Waals surface area contributed by atoms with E-state index in [9.17, 15) is 19.0 Å². The molecule has 0 aliphatic carbocycles. The van der Waals surface area contributed by atoms with Crippen molar-refractivity contribution in [3.63, 3.8) is 0 Å². The lowest BCUT2D eigenvalue weighted by Gasteiger charge is -2.19. The maximum atomic E-state index is 12.8. The molecule has 0 bridgehead atoms. The minimum Gasteiger partial charge on any atom is -0.462 e. The molecule has 0 rings (SSSR count). The average molecular weight is 1300 g/mol. The van der Waals surface area contributed by atoms with Crippen molar-refractivity contribution in [2.75, 3.05) is 26.4 Å². The second-order valence-electron chi connectivity index (χ2n) is 26.2. The predicted molar refractivity (Wildman–Crippen MR) is 395 cm³/mol. The minimum absolute atomic E-state index is 0.0543. The Hall–Kier alpha value is -2.81. The van der Waals surface area contributed by atoms with Crippen molar-refractivity contribution >= 4 is 19.8 Å². The molecule has 0 saturated carbocycles. The van der Waals surface area contributed by atoms with Crippen molar-refractivity contribution in [1.29, 1.82) is 0 Å². The molecule has 0 saturated heterocycles. The highest BCUT2D eigenvalue weighted by Crippen LogP contribution is 2.43. The van der Waals surface area contributed by atoms with Gasteiger partial charge in [-0.05, 0) is 89.9 Å². The summed E-state index contributed by atoms with van der Waals surface area (Å²) >= 11 is 0. The molecule has 0 fully saturated rings. The first-order valence-corrected chi connectivity index (χ1v) is 40.6. The number of carbonyl (C=O) groups excluding carboxylic acids is 2. The lowest BCUT2D eigenvalue weighted by atomic mass is 10.0. The SMILES string of the molecule is CC/C=C\C/C=C\C/C=C\C/C=C\C/C=C\C/C=C\CCCCCCCCCCCCCCCCCCCCCCCCC(=O)OC(COC(=O)CCCCCCCCCCCCCCCCCCC/C=C\CCCCCCCCCC)COP(=O)(O)OCCN. The Morgan fingerprint density at radius 2 is 0.604 bits per heavy atom. The van der Waals surface area contributed by atoms with E-state index in [1.807, 2.05) is 0 Å². The van der Waals surface area contributed by atoms with Gasteiger partial charge in [-0.1, -0.05) is 369 Å². The number of hydrogen-bond acceptors (Lipinski definition) is 8. The van der Waals surface area contributed by atoms with Crippen molar-refractivity contribution in [3.8, 4) is 0 Å². The Labute approximate surface area is 564 Å². The predicted octanol–water partition coefficient (Wildman–Crippen LogP) is 26.1. The second-order valence-corrected chi connectivity index (χ2v) is 27.7. The van der Waals surface area contributed by atoms with Gasteiger partial charge in [0.15, 0.2) is 6.10 Å². The molecule has 2 atom stereocenters. The van der Waals surface area contributed by atoms with Crippen LogP contribution < -0.4 is 5.73 Å². The summed E-state index contributed by atoms with van der Waals surface area (Å²) in [5.41, 5.74) is 5.41. The molecule has 0 aromatic rings. The number of phosphoric ester groups is 1. The number of esters is 2. The highest BCUT2D eigenvalue weighted by Gasteiger charge is 2.26. The lowest BCUT2D eigenvalue weighted by Crippen LogP contribution is -2.29. The third-order valence-corrected chi connectivity index (χ3v) is 18.2.